The molecule has 1 aliphatic heterocycles. The molecule has 2 amide bonds. The van der Waals surface area contributed by atoms with Crippen molar-refractivity contribution in [3.8, 4) is 5.75 Å². The first-order valence-electron chi connectivity index (χ1n) is 7.08. The van der Waals surface area contributed by atoms with Gasteiger partial charge in [0.25, 0.3) is 0 Å². The number of phenolic OH excluding ortho intramolecular Hbond substituents is 1. The largest absolute Gasteiger partial charge is 0.508 e. The van der Waals surface area contributed by atoms with Crippen LogP contribution in [0.3, 0.4) is 0 Å². The van der Waals surface area contributed by atoms with E-state index in [4.69, 9.17) is 5.11 Å². The third-order valence-electron chi connectivity index (χ3n) is 3.71. The predicted octanol–water partition coefficient (Wildman–Crippen LogP) is 2.14. The van der Waals surface area contributed by atoms with Gasteiger partial charge in [-0.1, -0.05) is 6.07 Å². The number of carbonyl (C=O) groups excluding carboxylic acids is 1. The Bertz CT molecular complexity index is 532. The van der Waals surface area contributed by atoms with E-state index in [1.165, 1.54) is 0 Å². The third-order valence-corrected chi connectivity index (χ3v) is 3.71. The molecule has 6 nitrogen and oxygen atoms in total. The topological polar surface area (TPSA) is 81.1 Å². The molecule has 21 heavy (non-hydrogen) atoms. The van der Waals surface area contributed by atoms with Crippen molar-refractivity contribution in [2.45, 2.75) is 19.8 Å². The van der Waals surface area contributed by atoms with Crippen LogP contribution in [-0.2, 0) is 4.79 Å². The van der Waals surface area contributed by atoms with E-state index in [9.17, 15) is 14.7 Å². The van der Waals surface area contributed by atoms with E-state index >= 15 is 0 Å². The number of likely N-dealkylation sites (tertiary alicyclic amines) is 1. The molecule has 1 heterocycles. The fraction of sp³-hybridized carbons (Fsp3) is 0.467. The van der Waals surface area contributed by atoms with Gasteiger partial charge in [0.05, 0.1) is 0 Å². The zero-order valence-electron chi connectivity index (χ0n) is 12.0. The van der Waals surface area contributed by atoms with Crippen LogP contribution >= 0.6 is 0 Å². The number of aliphatic carboxylic acids is 1. The van der Waals surface area contributed by atoms with Crippen LogP contribution in [0.4, 0.5) is 10.5 Å². The summed E-state index contributed by atoms with van der Waals surface area (Å²) in [6.45, 7) is 3.40. The van der Waals surface area contributed by atoms with Gasteiger partial charge in [-0.05, 0) is 31.4 Å². The summed E-state index contributed by atoms with van der Waals surface area (Å²) in [7, 11) is 0. The lowest BCUT2D eigenvalue weighted by Gasteiger charge is -2.27. The maximum atomic E-state index is 12.5. The molecule has 1 atom stereocenters. The highest BCUT2D eigenvalue weighted by molar-refractivity contribution is 5.92. The van der Waals surface area contributed by atoms with Gasteiger partial charge >= 0.3 is 12.0 Å². The summed E-state index contributed by atoms with van der Waals surface area (Å²) < 4.78 is 0. The van der Waals surface area contributed by atoms with Gasteiger partial charge in [-0.2, -0.15) is 0 Å². The SMILES string of the molecule is CCN(C(=O)N1CCC(CC(=O)O)C1)c1cccc(O)c1. The summed E-state index contributed by atoms with van der Waals surface area (Å²) >= 11 is 0. The Morgan fingerprint density at radius 2 is 2.19 bits per heavy atom. The van der Waals surface area contributed by atoms with Crippen LogP contribution in [0.2, 0.25) is 0 Å². The van der Waals surface area contributed by atoms with E-state index < -0.39 is 5.97 Å². The maximum Gasteiger partial charge on any atom is 0.324 e. The highest BCUT2D eigenvalue weighted by Gasteiger charge is 2.30. The lowest BCUT2D eigenvalue weighted by Crippen LogP contribution is -2.42. The minimum atomic E-state index is -0.824. The molecule has 0 spiro atoms. The van der Waals surface area contributed by atoms with E-state index in [0.29, 0.717) is 25.3 Å². The summed E-state index contributed by atoms with van der Waals surface area (Å²) in [5.41, 5.74) is 0.643. The number of carboxylic acid groups (broad SMARTS) is 1. The molecule has 1 saturated heterocycles. The Kier molecular flexibility index (Phi) is 4.67. The molecule has 0 aliphatic carbocycles. The van der Waals surface area contributed by atoms with Crippen LogP contribution in [0.1, 0.15) is 19.8 Å². The smallest absolute Gasteiger partial charge is 0.324 e. The van der Waals surface area contributed by atoms with Gasteiger partial charge in [-0.25, -0.2) is 4.79 Å². The summed E-state index contributed by atoms with van der Waals surface area (Å²) in [6, 6.07) is 6.42. The number of carboxylic acids is 1. The summed E-state index contributed by atoms with van der Waals surface area (Å²) in [4.78, 5) is 26.5. The molecular formula is C15H20N2O4. The average Bonchev–Trinajstić information content (AvgIpc) is 2.87. The summed E-state index contributed by atoms with van der Waals surface area (Å²) in [5.74, 6) is -0.687. The number of hydrogen-bond acceptors (Lipinski definition) is 3. The molecule has 6 heteroatoms. The van der Waals surface area contributed by atoms with Crippen LogP contribution in [0.15, 0.2) is 24.3 Å². The average molecular weight is 292 g/mol. The van der Waals surface area contributed by atoms with Crippen molar-refractivity contribution in [2.75, 3.05) is 24.5 Å². The van der Waals surface area contributed by atoms with Crippen molar-refractivity contribution in [1.29, 1.82) is 0 Å². The molecule has 1 unspecified atom stereocenters. The maximum absolute atomic E-state index is 12.5. The number of benzene rings is 1. The molecule has 0 saturated carbocycles. The monoisotopic (exact) mass is 292 g/mol. The zero-order chi connectivity index (χ0) is 15.4. The molecular weight excluding hydrogens is 272 g/mol. The van der Waals surface area contributed by atoms with Crippen LogP contribution in [0, 0.1) is 5.92 Å². The quantitative estimate of drug-likeness (QED) is 0.891. The second kappa shape index (κ2) is 6.47. The standard InChI is InChI=1S/C15H20N2O4/c1-2-17(12-4-3-5-13(18)9-12)15(21)16-7-6-11(10-16)8-14(19)20/h3-5,9,11,18H,2,6-8,10H2,1H3,(H,19,20). The van der Waals surface area contributed by atoms with Gasteiger partial charge in [0.15, 0.2) is 0 Å². The van der Waals surface area contributed by atoms with Crippen LogP contribution in [0.25, 0.3) is 0 Å². The molecule has 0 bridgehead atoms. The number of amides is 2. The highest BCUT2D eigenvalue weighted by atomic mass is 16.4. The molecule has 1 fully saturated rings. The minimum Gasteiger partial charge on any atom is -0.508 e. The highest BCUT2D eigenvalue weighted by Crippen LogP contribution is 2.25. The van der Waals surface area contributed by atoms with Crippen molar-refractivity contribution in [1.82, 2.24) is 4.90 Å². The van der Waals surface area contributed by atoms with Gasteiger partial charge in [0.2, 0.25) is 0 Å². The Morgan fingerprint density at radius 3 is 2.81 bits per heavy atom. The van der Waals surface area contributed by atoms with Crippen LogP contribution < -0.4 is 4.90 Å². The van der Waals surface area contributed by atoms with Gasteiger partial charge in [0, 0.05) is 37.8 Å². The molecule has 0 radical (unpaired) electrons. The van der Waals surface area contributed by atoms with Crippen molar-refractivity contribution < 1.29 is 19.8 Å². The number of rotatable bonds is 4. The second-order valence-electron chi connectivity index (χ2n) is 5.25. The third kappa shape index (κ3) is 3.65. The molecule has 114 valence electrons. The molecule has 0 aromatic heterocycles. The van der Waals surface area contributed by atoms with Crippen LogP contribution in [-0.4, -0.2) is 46.7 Å². The van der Waals surface area contributed by atoms with Gasteiger partial charge < -0.3 is 15.1 Å². The fourth-order valence-corrected chi connectivity index (χ4v) is 2.68. The normalized spacial score (nSPS) is 17.8. The first kappa shape index (κ1) is 15.2. The number of phenols is 1. The summed E-state index contributed by atoms with van der Waals surface area (Å²) in [5, 5.41) is 18.3. The van der Waals surface area contributed by atoms with E-state index in [1.807, 2.05) is 6.92 Å². The lowest BCUT2D eigenvalue weighted by atomic mass is 10.1. The molecule has 1 aromatic rings. The summed E-state index contributed by atoms with van der Waals surface area (Å²) in [6.07, 6.45) is 0.817. The number of nitrogens with zero attached hydrogens (tertiary/aromatic N) is 2. The van der Waals surface area contributed by atoms with E-state index in [-0.39, 0.29) is 24.1 Å². The zero-order valence-corrected chi connectivity index (χ0v) is 12.0. The minimum absolute atomic E-state index is 0.0225. The number of aromatic hydroxyl groups is 1. The lowest BCUT2D eigenvalue weighted by molar-refractivity contribution is -0.138. The first-order valence-corrected chi connectivity index (χ1v) is 7.08. The van der Waals surface area contributed by atoms with E-state index in [0.717, 1.165) is 6.42 Å². The second-order valence-corrected chi connectivity index (χ2v) is 5.25. The van der Waals surface area contributed by atoms with Crippen LogP contribution in [0.5, 0.6) is 5.75 Å². The van der Waals surface area contributed by atoms with Crippen molar-refractivity contribution >= 4 is 17.7 Å². The fourth-order valence-electron chi connectivity index (χ4n) is 2.68. The Morgan fingerprint density at radius 1 is 1.43 bits per heavy atom. The van der Waals surface area contributed by atoms with Crippen molar-refractivity contribution in [3.05, 3.63) is 24.3 Å². The number of anilines is 1. The number of carbonyl (C=O) groups is 2. The van der Waals surface area contributed by atoms with E-state index in [2.05, 4.69) is 0 Å². The molecule has 2 N–H and O–H groups in total. The number of hydrogen-bond donors (Lipinski definition) is 2. The predicted molar refractivity (Wildman–Crippen MR) is 78.5 cm³/mol. The van der Waals surface area contributed by atoms with Crippen molar-refractivity contribution in [2.24, 2.45) is 5.92 Å². The van der Waals surface area contributed by atoms with Gasteiger partial charge in [-0.15, -0.1) is 0 Å². The molecule has 1 aromatic carbocycles. The van der Waals surface area contributed by atoms with Gasteiger partial charge in [0.1, 0.15) is 5.75 Å². The van der Waals surface area contributed by atoms with Crippen molar-refractivity contribution in [3.63, 3.8) is 0 Å². The van der Waals surface area contributed by atoms with E-state index in [1.54, 1.807) is 34.1 Å². The Labute approximate surface area is 123 Å². The number of urea groups is 1. The molecule has 1 aliphatic rings. The van der Waals surface area contributed by atoms with Gasteiger partial charge in [-0.3, -0.25) is 9.69 Å². The molecule has 2 rings (SSSR count). The first-order chi connectivity index (χ1) is 10.0. The Balaban J connectivity index is 2.06. The Hall–Kier alpha value is -2.24.